The number of hydrogen-bond donors (Lipinski definition) is 2. The molecule has 3 atom stereocenters. The quantitative estimate of drug-likeness (QED) is 0.814. The van der Waals surface area contributed by atoms with Crippen LogP contribution in [-0.2, 0) is 11.2 Å². The molecular weight excluding hydrogens is 240 g/mol. The Balaban J connectivity index is 2.61. The number of aliphatic hydroxyl groups is 1. The molecule has 4 heteroatoms. The van der Waals surface area contributed by atoms with Gasteiger partial charge < -0.3 is 10.4 Å². The van der Waals surface area contributed by atoms with Crippen LogP contribution in [0.1, 0.15) is 19.4 Å². The van der Waals surface area contributed by atoms with Crippen LogP contribution in [0.4, 0.5) is 0 Å². The highest BCUT2D eigenvalue weighted by molar-refractivity contribution is 5.81. The highest BCUT2D eigenvalue weighted by Crippen LogP contribution is 2.10. The normalized spacial score (nSPS) is 15.1. The van der Waals surface area contributed by atoms with Gasteiger partial charge in [0.05, 0.1) is 6.07 Å². The lowest BCUT2D eigenvalue weighted by Gasteiger charge is -2.20. The average molecular weight is 260 g/mol. The van der Waals surface area contributed by atoms with E-state index < -0.39 is 5.92 Å². The number of nitrogens with zero attached hydrogens (tertiary/aromatic N) is 1. The summed E-state index contributed by atoms with van der Waals surface area (Å²) in [7, 11) is 0. The Labute approximate surface area is 114 Å². The second-order valence-electron chi connectivity index (χ2n) is 4.83. The van der Waals surface area contributed by atoms with E-state index in [2.05, 4.69) is 5.32 Å². The van der Waals surface area contributed by atoms with Gasteiger partial charge in [-0.05, 0) is 24.8 Å². The molecule has 0 aliphatic carbocycles. The summed E-state index contributed by atoms with van der Waals surface area (Å²) >= 11 is 0. The van der Waals surface area contributed by atoms with Gasteiger partial charge in [0.1, 0.15) is 5.92 Å². The number of hydrogen-bond acceptors (Lipinski definition) is 3. The van der Waals surface area contributed by atoms with E-state index >= 15 is 0 Å². The second kappa shape index (κ2) is 7.55. The Kier molecular flexibility index (Phi) is 6.04. The maximum atomic E-state index is 12.0. The molecule has 4 nitrogen and oxygen atoms in total. The molecule has 0 saturated heterocycles. The zero-order valence-electron chi connectivity index (χ0n) is 11.3. The third-order valence-electron chi connectivity index (χ3n) is 3.27. The van der Waals surface area contributed by atoms with Gasteiger partial charge in [-0.25, -0.2) is 0 Å². The van der Waals surface area contributed by atoms with E-state index in [9.17, 15) is 4.79 Å². The van der Waals surface area contributed by atoms with Crippen molar-refractivity contribution in [1.29, 1.82) is 5.26 Å². The summed E-state index contributed by atoms with van der Waals surface area (Å²) in [5.41, 5.74) is 0.965. The van der Waals surface area contributed by atoms with Crippen molar-refractivity contribution in [3.05, 3.63) is 35.9 Å². The van der Waals surface area contributed by atoms with E-state index in [1.165, 1.54) is 0 Å². The molecule has 0 bridgehead atoms. The Morgan fingerprint density at radius 3 is 2.53 bits per heavy atom. The lowest BCUT2D eigenvalue weighted by atomic mass is 9.98. The predicted molar refractivity (Wildman–Crippen MR) is 73.1 cm³/mol. The molecule has 19 heavy (non-hydrogen) atoms. The number of carbonyl (C=O) groups excluding carboxylic acids is 1. The lowest BCUT2D eigenvalue weighted by Crippen LogP contribution is -2.41. The van der Waals surface area contributed by atoms with E-state index in [0.29, 0.717) is 6.42 Å². The average Bonchev–Trinajstić information content (AvgIpc) is 2.44. The van der Waals surface area contributed by atoms with Gasteiger partial charge in [-0.1, -0.05) is 37.3 Å². The van der Waals surface area contributed by atoms with Crippen LogP contribution in [0.2, 0.25) is 0 Å². The molecule has 1 amide bonds. The van der Waals surface area contributed by atoms with Crippen LogP contribution in [0.3, 0.4) is 0 Å². The third kappa shape index (κ3) is 4.72. The Morgan fingerprint density at radius 1 is 1.37 bits per heavy atom. The summed E-state index contributed by atoms with van der Waals surface area (Å²) in [6.07, 6.45) is 0.406. The maximum Gasteiger partial charge on any atom is 0.237 e. The second-order valence-corrected chi connectivity index (χ2v) is 4.83. The summed E-state index contributed by atoms with van der Waals surface area (Å²) in [5.74, 6) is -1.00. The van der Waals surface area contributed by atoms with E-state index in [4.69, 9.17) is 10.4 Å². The summed E-state index contributed by atoms with van der Waals surface area (Å²) in [6, 6.07) is 11.4. The molecule has 0 aliphatic heterocycles. The summed E-state index contributed by atoms with van der Waals surface area (Å²) in [6.45, 7) is 3.69. The minimum Gasteiger partial charge on any atom is -0.396 e. The van der Waals surface area contributed by atoms with Gasteiger partial charge in [0.2, 0.25) is 5.91 Å². The first-order valence-electron chi connectivity index (χ1n) is 6.43. The molecule has 2 N–H and O–H groups in total. The van der Waals surface area contributed by atoms with Crippen LogP contribution in [0, 0.1) is 23.2 Å². The summed E-state index contributed by atoms with van der Waals surface area (Å²) < 4.78 is 0. The third-order valence-corrected chi connectivity index (χ3v) is 3.27. The Hall–Kier alpha value is -1.86. The van der Waals surface area contributed by atoms with E-state index in [-0.39, 0.29) is 24.5 Å². The van der Waals surface area contributed by atoms with Crippen LogP contribution in [0.15, 0.2) is 30.3 Å². The van der Waals surface area contributed by atoms with Crippen LogP contribution >= 0.6 is 0 Å². The highest BCUT2D eigenvalue weighted by atomic mass is 16.3. The fraction of sp³-hybridized carbons (Fsp3) is 0.467. The molecule has 0 radical (unpaired) electrons. The lowest BCUT2D eigenvalue weighted by molar-refractivity contribution is -0.124. The van der Waals surface area contributed by atoms with E-state index in [1.54, 1.807) is 0 Å². The molecule has 0 saturated carbocycles. The molecule has 0 aromatic heterocycles. The fourth-order valence-corrected chi connectivity index (χ4v) is 1.67. The van der Waals surface area contributed by atoms with E-state index in [1.807, 2.05) is 50.2 Å². The zero-order valence-corrected chi connectivity index (χ0v) is 11.3. The van der Waals surface area contributed by atoms with Gasteiger partial charge in [-0.3, -0.25) is 4.79 Å². The summed E-state index contributed by atoms with van der Waals surface area (Å²) in [5, 5.41) is 20.9. The van der Waals surface area contributed by atoms with Crippen molar-refractivity contribution in [3.63, 3.8) is 0 Å². The van der Waals surface area contributed by atoms with Crippen LogP contribution < -0.4 is 5.32 Å². The molecule has 1 rings (SSSR count). The maximum absolute atomic E-state index is 12.0. The number of nitriles is 1. The van der Waals surface area contributed by atoms with Crippen molar-refractivity contribution in [3.8, 4) is 6.07 Å². The highest BCUT2D eigenvalue weighted by Gasteiger charge is 2.21. The van der Waals surface area contributed by atoms with Gasteiger partial charge >= 0.3 is 0 Å². The molecule has 0 fully saturated rings. The van der Waals surface area contributed by atoms with Crippen molar-refractivity contribution in [2.24, 2.45) is 11.8 Å². The van der Waals surface area contributed by atoms with Crippen molar-refractivity contribution in [1.82, 2.24) is 5.32 Å². The SMILES string of the molecule is CC(CO)C(C)NC(=O)C(C#N)Cc1ccccc1. The van der Waals surface area contributed by atoms with Gasteiger partial charge in [-0.2, -0.15) is 5.26 Å². The van der Waals surface area contributed by atoms with Gasteiger partial charge in [0.15, 0.2) is 0 Å². The van der Waals surface area contributed by atoms with Crippen molar-refractivity contribution in [2.75, 3.05) is 6.61 Å². The number of carbonyl (C=O) groups is 1. The van der Waals surface area contributed by atoms with Crippen molar-refractivity contribution < 1.29 is 9.90 Å². The molecule has 1 aromatic rings. The number of nitrogens with one attached hydrogen (secondary N) is 1. The van der Waals surface area contributed by atoms with Gasteiger partial charge in [-0.15, -0.1) is 0 Å². The first-order chi connectivity index (χ1) is 9.08. The zero-order chi connectivity index (χ0) is 14.3. The molecule has 0 heterocycles. The topological polar surface area (TPSA) is 73.1 Å². The number of aliphatic hydroxyl groups excluding tert-OH is 1. The number of rotatable bonds is 6. The van der Waals surface area contributed by atoms with Crippen LogP contribution in [-0.4, -0.2) is 23.7 Å². The van der Waals surface area contributed by atoms with E-state index in [0.717, 1.165) is 5.56 Å². The first kappa shape index (κ1) is 15.2. The largest absolute Gasteiger partial charge is 0.396 e. The predicted octanol–water partition coefficient (Wildman–Crippen LogP) is 1.50. The molecule has 3 unspecified atom stereocenters. The summed E-state index contributed by atoms with van der Waals surface area (Å²) in [4.78, 5) is 12.0. The standard InChI is InChI=1S/C15H20N2O2/c1-11(10-18)12(2)17-15(19)14(9-16)8-13-6-4-3-5-7-13/h3-7,11-12,14,18H,8,10H2,1-2H3,(H,17,19). The van der Waals surface area contributed by atoms with Gasteiger partial charge in [0, 0.05) is 12.6 Å². The fourth-order valence-electron chi connectivity index (χ4n) is 1.67. The molecule has 102 valence electrons. The van der Waals surface area contributed by atoms with Crippen molar-refractivity contribution >= 4 is 5.91 Å². The minimum absolute atomic E-state index is 0.0113. The Bertz CT molecular complexity index is 439. The van der Waals surface area contributed by atoms with Crippen LogP contribution in [0.25, 0.3) is 0 Å². The first-order valence-corrected chi connectivity index (χ1v) is 6.43. The number of amides is 1. The number of benzene rings is 1. The monoisotopic (exact) mass is 260 g/mol. The van der Waals surface area contributed by atoms with Crippen LogP contribution in [0.5, 0.6) is 0 Å². The molecular formula is C15H20N2O2. The minimum atomic E-state index is -0.698. The Morgan fingerprint density at radius 2 is 2.00 bits per heavy atom. The molecule has 0 aliphatic rings. The smallest absolute Gasteiger partial charge is 0.237 e. The molecule has 1 aromatic carbocycles. The molecule has 0 spiro atoms. The van der Waals surface area contributed by atoms with Gasteiger partial charge in [0.25, 0.3) is 0 Å². The van der Waals surface area contributed by atoms with Crippen molar-refractivity contribution in [2.45, 2.75) is 26.3 Å².